The molecule has 0 saturated heterocycles. The molecule has 0 radical (unpaired) electrons. The third kappa shape index (κ3) is 4.15. The molecule has 2 aromatic rings. The van der Waals surface area contributed by atoms with Crippen molar-refractivity contribution in [2.45, 2.75) is 18.4 Å². The summed E-state index contributed by atoms with van der Waals surface area (Å²) in [6, 6.07) is 2.07. The molecule has 6 nitrogen and oxygen atoms in total. The number of hydrogen-bond donors (Lipinski definition) is 2. The van der Waals surface area contributed by atoms with E-state index in [0.29, 0.717) is 0 Å². The Morgan fingerprint density at radius 1 is 1.33 bits per heavy atom. The normalized spacial score (nSPS) is 10.6. The number of carbonyl (C=O) groups excluding carboxylic acids is 2. The minimum absolute atomic E-state index is 0.00644. The van der Waals surface area contributed by atoms with Gasteiger partial charge in [-0.3, -0.25) is 9.59 Å². The van der Waals surface area contributed by atoms with E-state index in [1.165, 1.54) is 30.0 Å². The van der Waals surface area contributed by atoms with E-state index >= 15 is 0 Å². The lowest BCUT2D eigenvalue weighted by Gasteiger charge is -2.04. The van der Waals surface area contributed by atoms with Crippen molar-refractivity contribution in [2.24, 2.45) is 0 Å². The molecule has 112 valence electrons. The molecule has 2 amide bonds. The van der Waals surface area contributed by atoms with E-state index in [-0.39, 0.29) is 24.1 Å². The van der Waals surface area contributed by atoms with E-state index in [9.17, 15) is 9.59 Å². The highest BCUT2D eigenvalue weighted by atomic mass is 32.2. The molecule has 21 heavy (non-hydrogen) atoms. The second kappa shape index (κ2) is 7.37. The second-order valence-corrected chi connectivity index (χ2v) is 6.28. The van der Waals surface area contributed by atoms with Crippen LogP contribution >= 0.6 is 23.1 Å². The highest BCUT2D eigenvalue weighted by Gasteiger charge is 2.11. The van der Waals surface area contributed by atoms with Crippen molar-refractivity contribution in [1.82, 2.24) is 20.6 Å². The van der Waals surface area contributed by atoms with Crippen molar-refractivity contribution in [3.05, 3.63) is 17.3 Å². The van der Waals surface area contributed by atoms with Crippen LogP contribution in [0.25, 0.3) is 10.2 Å². The van der Waals surface area contributed by atoms with E-state index in [2.05, 4.69) is 33.6 Å². The number of fused-ring (bicyclic) bond motifs is 1. The number of nitrogens with one attached hydrogen (secondary N) is 2. The van der Waals surface area contributed by atoms with Crippen molar-refractivity contribution >= 4 is 45.1 Å². The lowest BCUT2D eigenvalue weighted by atomic mass is 10.3. The third-order valence-corrected chi connectivity index (χ3v) is 4.95. The van der Waals surface area contributed by atoms with Gasteiger partial charge in [0.05, 0.1) is 12.3 Å². The van der Waals surface area contributed by atoms with Gasteiger partial charge in [-0.25, -0.2) is 9.97 Å². The lowest BCUT2D eigenvalue weighted by molar-refractivity contribution is -0.124. The van der Waals surface area contributed by atoms with Gasteiger partial charge in [-0.1, -0.05) is 18.7 Å². The fourth-order valence-electron chi connectivity index (χ4n) is 1.63. The van der Waals surface area contributed by atoms with Gasteiger partial charge in [0.1, 0.15) is 16.2 Å². The van der Waals surface area contributed by atoms with Gasteiger partial charge in [-0.05, 0) is 12.5 Å². The van der Waals surface area contributed by atoms with Gasteiger partial charge in [0.15, 0.2) is 0 Å². The van der Waals surface area contributed by atoms with E-state index < -0.39 is 0 Å². The number of carbonyl (C=O) groups is 2. The van der Waals surface area contributed by atoms with Crippen LogP contribution in [-0.2, 0) is 16.0 Å². The topological polar surface area (TPSA) is 84.0 Å². The molecule has 0 fully saturated rings. The molecule has 2 rings (SSSR count). The molecule has 8 heteroatoms. The van der Waals surface area contributed by atoms with Crippen LogP contribution in [0.15, 0.2) is 17.4 Å². The molecule has 0 aliphatic heterocycles. The Balaban J connectivity index is 1.98. The monoisotopic (exact) mass is 324 g/mol. The smallest absolute Gasteiger partial charge is 0.239 e. The fourth-order valence-corrected chi connectivity index (χ4v) is 3.43. The minimum atomic E-state index is -0.219. The second-order valence-electron chi connectivity index (χ2n) is 4.20. The van der Waals surface area contributed by atoms with Crippen LogP contribution in [0.5, 0.6) is 0 Å². The van der Waals surface area contributed by atoms with Gasteiger partial charge in [-0.2, -0.15) is 0 Å². The first-order valence-electron chi connectivity index (χ1n) is 6.47. The molecular weight excluding hydrogens is 308 g/mol. The van der Waals surface area contributed by atoms with Crippen molar-refractivity contribution in [1.29, 1.82) is 0 Å². The standard InChI is InChI=1S/C13H16N4O2S2/c1-3-8-4-9-12(16-7-17-13(9)21-8)20-6-11(19)15-5-10(18)14-2/h4,7H,3,5-6H2,1-2H3,(H,14,18)(H,15,19). The van der Waals surface area contributed by atoms with Crippen molar-refractivity contribution in [3.8, 4) is 0 Å². The van der Waals surface area contributed by atoms with Crippen LogP contribution in [0.1, 0.15) is 11.8 Å². The number of rotatable bonds is 6. The molecule has 2 N–H and O–H groups in total. The Kier molecular flexibility index (Phi) is 5.51. The number of nitrogens with zero attached hydrogens (tertiary/aromatic N) is 2. The van der Waals surface area contributed by atoms with Crippen LogP contribution < -0.4 is 10.6 Å². The summed E-state index contributed by atoms with van der Waals surface area (Å²) in [6.45, 7) is 2.09. The Bertz CT molecular complexity index is 657. The quantitative estimate of drug-likeness (QED) is 0.616. The number of aryl methyl sites for hydroxylation is 1. The first-order valence-corrected chi connectivity index (χ1v) is 8.27. The number of likely N-dealkylation sites (N-methyl/N-ethyl adjacent to an activating group) is 1. The van der Waals surface area contributed by atoms with E-state index in [1.807, 2.05) is 0 Å². The van der Waals surface area contributed by atoms with Gasteiger partial charge < -0.3 is 10.6 Å². The highest BCUT2D eigenvalue weighted by Crippen LogP contribution is 2.30. The Morgan fingerprint density at radius 3 is 2.86 bits per heavy atom. The molecule has 0 saturated carbocycles. The summed E-state index contributed by atoms with van der Waals surface area (Å²) < 4.78 is 0. The van der Waals surface area contributed by atoms with Gasteiger partial charge in [-0.15, -0.1) is 11.3 Å². The molecule has 2 heterocycles. The Hall–Kier alpha value is -1.67. The molecule has 0 aliphatic rings. The first-order chi connectivity index (χ1) is 10.1. The number of aromatic nitrogens is 2. The molecule has 0 unspecified atom stereocenters. The van der Waals surface area contributed by atoms with Gasteiger partial charge in [0, 0.05) is 17.3 Å². The predicted octanol–water partition coefficient (Wildman–Crippen LogP) is 1.21. The summed E-state index contributed by atoms with van der Waals surface area (Å²) in [5.74, 6) is -0.190. The average Bonchev–Trinajstić information content (AvgIpc) is 2.94. The molecule has 0 aromatic carbocycles. The number of hydrogen-bond acceptors (Lipinski definition) is 6. The zero-order valence-electron chi connectivity index (χ0n) is 11.8. The number of thiophene rings is 1. The van der Waals surface area contributed by atoms with E-state index in [1.54, 1.807) is 11.3 Å². The summed E-state index contributed by atoms with van der Waals surface area (Å²) >= 11 is 3.00. The van der Waals surface area contributed by atoms with Crippen LogP contribution in [0, 0.1) is 0 Å². The van der Waals surface area contributed by atoms with Crippen molar-refractivity contribution in [3.63, 3.8) is 0 Å². The van der Waals surface area contributed by atoms with Gasteiger partial charge >= 0.3 is 0 Å². The predicted molar refractivity (Wildman–Crippen MR) is 84.6 cm³/mol. The third-order valence-electron chi connectivity index (χ3n) is 2.76. The molecule has 0 bridgehead atoms. The maximum Gasteiger partial charge on any atom is 0.239 e. The lowest BCUT2D eigenvalue weighted by Crippen LogP contribution is -2.36. The van der Waals surface area contributed by atoms with Crippen molar-refractivity contribution in [2.75, 3.05) is 19.3 Å². The maximum atomic E-state index is 11.7. The van der Waals surface area contributed by atoms with Gasteiger partial charge in [0.25, 0.3) is 0 Å². The first kappa shape index (κ1) is 15.7. The summed E-state index contributed by atoms with van der Waals surface area (Å²) in [4.78, 5) is 33.4. The largest absolute Gasteiger partial charge is 0.358 e. The Labute approximate surface area is 130 Å². The van der Waals surface area contributed by atoms with Crippen LogP contribution in [0.3, 0.4) is 0 Å². The fraction of sp³-hybridized carbons (Fsp3) is 0.385. The van der Waals surface area contributed by atoms with Gasteiger partial charge in [0.2, 0.25) is 11.8 Å². The molecule has 0 aliphatic carbocycles. The zero-order valence-corrected chi connectivity index (χ0v) is 13.4. The highest BCUT2D eigenvalue weighted by molar-refractivity contribution is 8.00. The SMILES string of the molecule is CCc1cc2c(SCC(=O)NCC(=O)NC)ncnc2s1. The summed E-state index contributed by atoms with van der Waals surface area (Å²) in [6.07, 6.45) is 2.47. The van der Waals surface area contributed by atoms with E-state index in [4.69, 9.17) is 0 Å². The van der Waals surface area contributed by atoms with Crippen LogP contribution in [0.2, 0.25) is 0 Å². The maximum absolute atomic E-state index is 11.7. The molecular formula is C13H16N4O2S2. The number of thioether (sulfide) groups is 1. The van der Waals surface area contributed by atoms with Crippen molar-refractivity contribution < 1.29 is 9.59 Å². The summed E-state index contributed by atoms with van der Waals surface area (Å²) in [5.41, 5.74) is 0. The van der Waals surface area contributed by atoms with Crippen LogP contribution in [-0.4, -0.2) is 41.1 Å². The van der Waals surface area contributed by atoms with E-state index in [0.717, 1.165) is 21.7 Å². The minimum Gasteiger partial charge on any atom is -0.358 e. The summed E-state index contributed by atoms with van der Waals surface area (Å²) in [5, 5.41) is 6.79. The van der Waals surface area contributed by atoms with Crippen LogP contribution in [0.4, 0.5) is 0 Å². The number of amides is 2. The molecule has 0 atom stereocenters. The average molecular weight is 324 g/mol. The molecule has 0 spiro atoms. The Morgan fingerprint density at radius 2 is 2.14 bits per heavy atom. The molecule has 2 aromatic heterocycles. The summed E-state index contributed by atoms with van der Waals surface area (Å²) in [7, 11) is 1.53. The zero-order chi connectivity index (χ0) is 15.2.